The van der Waals surface area contributed by atoms with Crippen molar-refractivity contribution in [3.63, 3.8) is 0 Å². The Morgan fingerprint density at radius 3 is 1.54 bits per heavy atom. The Morgan fingerprint density at radius 2 is 0.868 bits per heavy atom. The zero-order valence-corrected chi connectivity index (χ0v) is 43.2. The lowest BCUT2D eigenvalue weighted by Gasteiger charge is -2.32. The van der Waals surface area contributed by atoms with E-state index >= 15 is 0 Å². The highest BCUT2D eigenvalue weighted by atomic mass is 16.3. The van der Waals surface area contributed by atoms with Crippen LogP contribution in [0, 0.1) is 0 Å². The summed E-state index contributed by atoms with van der Waals surface area (Å²) in [5.41, 5.74) is 19.9. The predicted molar refractivity (Wildman–Crippen MR) is 316 cm³/mol. The lowest BCUT2D eigenvalue weighted by molar-refractivity contribution is 0.479. The van der Waals surface area contributed by atoms with Gasteiger partial charge in [-0.1, -0.05) is 239 Å². The molecule has 12 aromatic rings. The first-order valence-corrected chi connectivity index (χ1v) is 26.1. The van der Waals surface area contributed by atoms with Gasteiger partial charge in [-0.3, -0.25) is 9.55 Å². The summed E-state index contributed by atoms with van der Waals surface area (Å²) >= 11 is 0. The third-order valence-corrected chi connectivity index (χ3v) is 15.2. The van der Waals surface area contributed by atoms with E-state index in [0.29, 0.717) is 11.4 Å². The number of aromatic nitrogens is 3. The van der Waals surface area contributed by atoms with Gasteiger partial charge in [0.2, 0.25) is 0 Å². The molecule has 0 radical (unpaired) electrons. The van der Waals surface area contributed by atoms with Gasteiger partial charge in [0.1, 0.15) is 11.6 Å². The number of hydrogen-bond acceptors (Lipinski definition) is 3. The number of rotatable bonds is 11. The Labute approximate surface area is 446 Å². The monoisotopic (exact) mass is 979 g/mol. The van der Waals surface area contributed by atoms with Crippen LogP contribution in [-0.4, -0.2) is 19.6 Å². The number of phenolic OH excluding ortho intramolecular Hbond substituents is 1. The van der Waals surface area contributed by atoms with E-state index in [2.05, 4.69) is 263 Å². The quantitative estimate of drug-likeness (QED) is 0.131. The van der Waals surface area contributed by atoms with Crippen LogP contribution in [0.15, 0.2) is 267 Å². The molecule has 0 spiro atoms. The Balaban J connectivity index is 0.985. The molecule has 2 aromatic heterocycles. The van der Waals surface area contributed by atoms with Crippen LogP contribution < -0.4 is 0 Å². The van der Waals surface area contributed by atoms with Gasteiger partial charge in [0.15, 0.2) is 0 Å². The lowest BCUT2D eigenvalue weighted by Crippen LogP contribution is -2.25. The van der Waals surface area contributed by atoms with Crippen molar-refractivity contribution in [2.75, 3.05) is 0 Å². The van der Waals surface area contributed by atoms with Gasteiger partial charge in [-0.25, -0.2) is 4.98 Å². The maximum Gasteiger partial charge on any atom is 0.149 e. The molecular weight excluding hydrogens is 923 g/mol. The zero-order valence-electron chi connectivity index (χ0n) is 43.2. The Bertz CT molecular complexity index is 3980. The summed E-state index contributed by atoms with van der Waals surface area (Å²) in [7, 11) is 0. The fraction of sp³-hybridized carbons (Fsp3) is 0.0833. The average molecular weight is 980 g/mol. The fourth-order valence-electron chi connectivity index (χ4n) is 11.0. The zero-order chi connectivity index (χ0) is 51.8. The summed E-state index contributed by atoms with van der Waals surface area (Å²) in [6.45, 7) is 9.08. The summed E-state index contributed by atoms with van der Waals surface area (Å²) in [6.07, 6.45) is 1.91. The molecular formula is C72H57N3O. The second-order valence-electron chi connectivity index (χ2n) is 20.9. The molecule has 76 heavy (non-hydrogen) atoms. The van der Waals surface area contributed by atoms with Crippen LogP contribution in [0.4, 0.5) is 0 Å². The molecule has 0 fully saturated rings. The molecule has 0 amide bonds. The van der Waals surface area contributed by atoms with Crippen LogP contribution in [0.5, 0.6) is 5.75 Å². The van der Waals surface area contributed by atoms with Crippen molar-refractivity contribution >= 4 is 11.0 Å². The van der Waals surface area contributed by atoms with Crippen LogP contribution in [0.2, 0.25) is 0 Å². The molecule has 366 valence electrons. The van der Waals surface area contributed by atoms with Crippen molar-refractivity contribution in [1.29, 1.82) is 0 Å². The highest BCUT2D eigenvalue weighted by Crippen LogP contribution is 2.46. The smallest absolute Gasteiger partial charge is 0.149 e. The van der Waals surface area contributed by atoms with Gasteiger partial charge in [0.25, 0.3) is 0 Å². The van der Waals surface area contributed by atoms with Crippen molar-refractivity contribution in [1.82, 2.24) is 14.5 Å². The number of para-hydroxylation sites is 2. The van der Waals surface area contributed by atoms with E-state index < -0.39 is 0 Å². The van der Waals surface area contributed by atoms with Gasteiger partial charge < -0.3 is 5.11 Å². The van der Waals surface area contributed by atoms with Crippen molar-refractivity contribution in [3.05, 3.63) is 289 Å². The number of imidazole rings is 1. The number of phenols is 1. The molecule has 0 bridgehead atoms. The first kappa shape index (κ1) is 47.6. The van der Waals surface area contributed by atoms with E-state index in [1.54, 1.807) is 0 Å². The van der Waals surface area contributed by atoms with E-state index in [1.807, 2.05) is 36.5 Å². The van der Waals surface area contributed by atoms with Crippen molar-refractivity contribution in [2.45, 2.75) is 38.5 Å². The van der Waals surface area contributed by atoms with Crippen LogP contribution >= 0.6 is 0 Å². The molecule has 4 nitrogen and oxygen atoms in total. The molecule has 0 saturated heterocycles. The minimum absolute atomic E-state index is 0.0922. The number of nitrogens with zero attached hydrogens (tertiary/aromatic N) is 3. The van der Waals surface area contributed by atoms with Gasteiger partial charge in [-0.05, 0) is 116 Å². The summed E-state index contributed by atoms with van der Waals surface area (Å²) in [6, 6.07) is 91.9. The Hall–Kier alpha value is -9.38. The van der Waals surface area contributed by atoms with E-state index in [9.17, 15) is 5.11 Å². The van der Waals surface area contributed by atoms with E-state index in [-0.39, 0.29) is 16.6 Å². The molecule has 10 aromatic carbocycles. The van der Waals surface area contributed by atoms with Crippen molar-refractivity contribution < 1.29 is 5.11 Å². The average Bonchev–Trinajstić information content (AvgIpc) is 3.91. The van der Waals surface area contributed by atoms with Crippen LogP contribution in [0.3, 0.4) is 0 Å². The molecule has 0 unspecified atom stereocenters. The van der Waals surface area contributed by atoms with Gasteiger partial charge in [0.05, 0.1) is 28.0 Å². The van der Waals surface area contributed by atoms with Gasteiger partial charge in [-0.15, -0.1) is 0 Å². The summed E-state index contributed by atoms with van der Waals surface area (Å²) in [5, 5.41) is 12.7. The number of fused-ring (bicyclic) bond motifs is 1. The summed E-state index contributed by atoms with van der Waals surface area (Å²) in [4.78, 5) is 10.6. The van der Waals surface area contributed by atoms with Crippen molar-refractivity contribution in [2.24, 2.45) is 0 Å². The van der Waals surface area contributed by atoms with Gasteiger partial charge >= 0.3 is 0 Å². The maximum absolute atomic E-state index is 12.7. The first-order chi connectivity index (χ1) is 37.1. The first-order valence-electron chi connectivity index (χ1n) is 26.1. The number of benzene rings is 10. The van der Waals surface area contributed by atoms with E-state index in [0.717, 1.165) is 83.6 Å². The number of pyridine rings is 1. The largest absolute Gasteiger partial charge is 0.507 e. The van der Waals surface area contributed by atoms with Crippen molar-refractivity contribution in [3.8, 4) is 89.7 Å². The molecule has 12 rings (SSSR count). The van der Waals surface area contributed by atoms with E-state index in [1.165, 1.54) is 22.3 Å². The van der Waals surface area contributed by atoms with E-state index in [4.69, 9.17) is 9.97 Å². The summed E-state index contributed by atoms with van der Waals surface area (Å²) in [5.74, 6) is 0.810. The minimum Gasteiger partial charge on any atom is -0.507 e. The highest BCUT2D eigenvalue weighted by Gasteiger charge is 2.31. The normalized spacial score (nSPS) is 11.7. The highest BCUT2D eigenvalue weighted by molar-refractivity contribution is 5.98. The minimum atomic E-state index is -0.329. The molecule has 0 saturated carbocycles. The fourth-order valence-corrected chi connectivity index (χ4v) is 11.0. The lowest BCUT2D eigenvalue weighted by atomic mass is 9.71. The third kappa shape index (κ3) is 8.78. The molecule has 0 aliphatic heterocycles. The van der Waals surface area contributed by atoms with Gasteiger partial charge in [0, 0.05) is 33.9 Å². The third-order valence-electron chi connectivity index (χ3n) is 15.2. The molecule has 0 aliphatic rings. The molecule has 0 atom stereocenters. The van der Waals surface area contributed by atoms with Crippen LogP contribution in [0.1, 0.15) is 49.9 Å². The molecule has 4 heteroatoms. The second kappa shape index (κ2) is 19.8. The van der Waals surface area contributed by atoms with Crippen LogP contribution in [0.25, 0.3) is 95.0 Å². The second-order valence-corrected chi connectivity index (χ2v) is 20.9. The molecule has 2 heterocycles. The standard InChI is InChI=1S/C72H57N3O/c1-71(2,3)58-42-43-66(64(48-58)51-24-11-6-12-25-51)75-67-37-21-34-60(68(67)74-70(75)63-36-20-35-62(69(63)76)61-33-18-17-32-59(61)50-22-9-5-10-23-50)53-26-19-27-54(46-53)65-47-52(44-45-73-65)49-38-40-57(41-39-49)72(4,55-28-13-7-14-29-55)56-30-15-8-16-31-56/h5-48,76H,1-4H3. The summed E-state index contributed by atoms with van der Waals surface area (Å²) < 4.78 is 2.25. The molecule has 0 aliphatic carbocycles. The number of aromatic hydroxyl groups is 1. The van der Waals surface area contributed by atoms with Crippen LogP contribution in [-0.2, 0) is 10.8 Å². The Kier molecular flexibility index (Phi) is 12.4. The maximum atomic E-state index is 12.7. The SMILES string of the molecule is CC(C)(C)c1ccc(-n2c(-c3cccc(-c4ccccc4-c4ccccc4)c3O)nc3c(-c4cccc(-c5cc(-c6ccc(C(C)(c7ccccc7)c7ccccc7)cc6)ccn5)c4)cccc32)c(-c2ccccc2)c1. The number of hydrogen-bond donors (Lipinski definition) is 1. The Morgan fingerprint density at radius 1 is 0.355 bits per heavy atom. The predicted octanol–water partition coefficient (Wildman–Crippen LogP) is 18.4. The van der Waals surface area contributed by atoms with Gasteiger partial charge in [-0.2, -0.15) is 0 Å². The topological polar surface area (TPSA) is 50.9 Å². The molecule has 1 N–H and O–H groups in total.